The molecule has 0 aliphatic heterocycles. The first kappa shape index (κ1) is 47.4. The molecule has 78 heavy (non-hydrogen) atoms. The summed E-state index contributed by atoms with van der Waals surface area (Å²) in [6.45, 7) is 0. The van der Waals surface area contributed by atoms with Crippen LogP contribution in [0.5, 0.6) is 0 Å². The van der Waals surface area contributed by atoms with Gasteiger partial charge in [-0.05, 0) is 148 Å². The normalized spacial score (nSPS) is 11.1. The van der Waals surface area contributed by atoms with E-state index in [1.807, 2.05) is 12.4 Å². The molecule has 0 unspecified atom stereocenters. The summed E-state index contributed by atoms with van der Waals surface area (Å²) in [6.07, 6.45) is 3.91. The Morgan fingerprint density at radius 2 is 0.385 bits per heavy atom. The standard InChI is InChI=1S/C76H52N2/c1-5-23-53(24-6-1)67-41-21-42-68(54-25-7-2-8-26-54)75(67)61-45-47-77-73(51-61)71-39-17-15-37-65(71)59-33-19-31-57(49-59)63-35-13-14-36-64(63)58-32-20-34-60(50-58)66-38-16-18-40-72(66)74-52-62(46-48-78-74)76-69(55-27-9-3-10-28-55)43-22-44-70(76)56-29-11-4-12-30-56/h1-52H. The van der Waals surface area contributed by atoms with Gasteiger partial charge >= 0.3 is 0 Å². The molecule has 0 saturated carbocycles. The molecule has 0 amide bonds. The van der Waals surface area contributed by atoms with Gasteiger partial charge in [0.1, 0.15) is 0 Å². The van der Waals surface area contributed by atoms with Crippen molar-refractivity contribution >= 4 is 0 Å². The molecule has 0 fully saturated rings. The lowest BCUT2D eigenvalue weighted by atomic mass is 9.87. The molecule has 2 aromatic heterocycles. The molecule has 2 heteroatoms. The summed E-state index contributed by atoms with van der Waals surface area (Å²) in [4.78, 5) is 10.1. The first-order valence-corrected chi connectivity index (χ1v) is 26.6. The lowest BCUT2D eigenvalue weighted by Crippen LogP contribution is -1.94. The van der Waals surface area contributed by atoms with Gasteiger partial charge in [0.05, 0.1) is 11.4 Å². The monoisotopic (exact) mass is 992 g/mol. The van der Waals surface area contributed by atoms with Gasteiger partial charge in [0, 0.05) is 23.5 Å². The number of rotatable bonds is 12. The van der Waals surface area contributed by atoms with Gasteiger partial charge in [0.25, 0.3) is 0 Å². The maximum absolute atomic E-state index is 5.06. The largest absolute Gasteiger partial charge is 0.256 e. The van der Waals surface area contributed by atoms with Crippen LogP contribution in [0.25, 0.3) is 134 Å². The minimum atomic E-state index is 0.920. The second-order valence-electron chi connectivity index (χ2n) is 19.6. The van der Waals surface area contributed by atoms with Gasteiger partial charge in [0.2, 0.25) is 0 Å². The van der Waals surface area contributed by atoms with Crippen LogP contribution in [-0.2, 0) is 0 Å². The average Bonchev–Trinajstić information content (AvgIpc) is 3.56. The van der Waals surface area contributed by atoms with E-state index < -0.39 is 0 Å². The molecule has 0 radical (unpaired) electrons. The molecule has 2 nitrogen and oxygen atoms in total. The number of hydrogen-bond acceptors (Lipinski definition) is 2. The van der Waals surface area contributed by atoms with Crippen LogP contribution in [0.3, 0.4) is 0 Å². The van der Waals surface area contributed by atoms with Crippen LogP contribution in [0.1, 0.15) is 0 Å². The van der Waals surface area contributed by atoms with Gasteiger partial charge in [-0.15, -0.1) is 0 Å². The third-order valence-corrected chi connectivity index (χ3v) is 14.9. The maximum atomic E-state index is 5.06. The topological polar surface area (TPSA) is 25.8 Å². The smallest absolute Gasteiger partial charge is 0.0714 e. The second kappa shape index (κ2) is 21.5. The predicted octanol–water partition coefficient (Wildman–Crippen LogP) is 20.5. The molecule has 0 aliphatic carbocycles. The number of nitrogens with zero attached hydrogens (tertiary/aromatic N) is 2. The van der Waals surface area contributed by atoms with Crippen LogP contribution in [0.2, 0.25) is 0 Å². The third-order valence-electron chi connectivity index (χ3n) is 14.9. The highest BCUT2D eigenvalue weighted by molar-refractivity contribution is 5.98. The number of hydrogen-bond donors (Lipinski definition) is 0. The average molecular weight is 993 g/mol. The molecule has 2 heterocycles. The van der Waals surface area contributed by atoms with Crippen LogP contribution < -0.4 is 0 Å². The van der Waals surface area contributed by atoms with Gasteiger partial charge in [-0.2, -0.15) is 0 Å². The predicted molar refractivity (Wildman–Crippen MR) is 327 cm³/mol. The molecule has 0 N–H and O–H groups in total. The summed E-state index contributed by atoms with van der Waals surface area (Å²) in [5.41, 5.74) is 27.1. The van der Waals surface area contributed by atoms with Crippen LogP contribution >= 0.6 is 0 Å². The summed E-state index contributed by atoms with van der Waals surface area (Å²) in [6, 6.07) is 109. The van der Waals surface area contributed by atoms with E-state index in [0.29, 0.717) is 0 Å². The van der Waals surface area contributed by atoms with Crippen molar-refractivity contribution in [1.82, 2.24) is 9.97 Å². The Hall–Kier alpha value is -10.3. The first-order chi connectivity index (χ1) is 38.7. The van der Waals surface area contributed by atoms with E-state index in [2.05, 4.69) is 303 Å². The lowest BCUT2D eigenvalue weighted by Gasteiger charge is -2.18. The molecular formula is C76H52N2. The van der Waals surface area contributed by atoms with Crippen LogP contribution in [0.4, 0.5) is 0 Å². The summed E-state index contributed by atoms with van der Waals surface area (Å²) in [7, 11) is 0. The quantitative estimate of drug-likeness (QED) is 0.122. The zero-order valence-corrected chi connectivity index (χ0v) is 42.9. The summed E-state index contributed by atoms with van der Waals surface area (Å²) >= 11 is 0. The molecule has 13 aromatic rings. The van der Waals surface area contributed by atoms with Crippen molar-refractivity contribution in [1.29, 1.82) is 0 Å². The van der Waals surface area contributed by atoms with Gasteiger partial charge in [-0.25, -0.2) is 0 Å². The molecular weight excluding hydrogens is 941 g/mol. The fraction of sp³-hybridized carbons (Fsp3) is 0. The number of benzene rings is 11. The third kappa shape index (κ3) is 9.45. The van der Waals surface area contributed by atoms with E-state index in [0.717, 1.165) is 78.1 Å². The highest BCUT2D eigenvalue weighted by atomic mass is 14.7. The van der Waals surface area contributed by atoms with Gasteiger partial charge < -0.3 is 0 Å². The Kier molecular flexibility index (Phi) is 13.1. The van der Waals surface area contributed by atoms with Crippen LogP contribution in [0, 0.1) is 0 Å². The second-order valence-corrected chi connectivity index (χ2v) is 19.6. The van der Waals surface area contributed by atoms with E-state index >= 15 is 0 Å². The first-order valence-electron chi connectivity index (χ1n) is 26.6. The minimum absolute atomic E-state index is 0.920. The van der Waals surface area contributed by atoms with Crippen molar-refractivity contribution in [2.75, 3.05) is 0 Å². The highest BCUT2D eigenvalue weighted by Gasteiger charge is 2.20. The molecule has 0 atom stereocenters. The van der Waals surface area contributed by atoms with Crippen molar-refractivity contribution in [3.63, 3.8) is 0 Å². The lowest BCUT2D eigenvalue weighted by molar-refractivity contribution is 1.32. The van der Waals surface area contributed by atoms with Gasteiger partial charge in [0.15, 0.2) is 0 Å². The van der Waals surface area contributed by atoms with Crippen LogP contribution in [-0.4, -0.2) is 9.97 Å². The van der Waals surface area contributed by atoms with Crippen molar-refractivity contribution < 1.29 is 0 Å². The SMILES string of the molecule is c1ccc(-c2cccc(-c3ccccc3)c2-c2ccnc(-c3ccccc3-c3cccc(-c4ccccc4-c4cccc(-c5ccccc5-c5cc(-c6c(-c7ccccc7)cccc6-c6ccccc6)ccn5)c4)c3)c2)cc1. The van der Waals surface area contributed by atoms with Crippen molar-refractivity contribution in [2.45, 2.75) is 0 Å². The van der Waals surface area contributed by atoms with Crippen molar-refractivity contribution in [2.24, 2.45) is 0 Å². The fourth-order valence-electron chi connectivity index (χ4n) is 11.2. The zero-order chi connectivity index (χ0) is 52.0. The Labute approximate surface area is 457 Å². The van der Waals surface area contributed by atoms with E-state index in [-0.39, 0.29) is 0 Å². The van der Waals surface area contributed by atoms with Crippen LogP contribution in [0.15, 0.2) is 316 Å². The Morgan fingerprint density at radius 1 is 0.154 bits per heavy atom. The van der Waals surface area contributed by atoms with Crippen molar-refractivity contribution in [3.05, 3.63) is 316 Å². The Bertz CT molecular complexity index is 3850. The van der Waals surface area contributed by atoms with E-state index in [1.165, 1.54) is 55.6 Å². The molecule has 366 valence electrons. The molecule has 0 aliphatic rings. The van der Waals surface area contributed by atoms with Gasteiger partial charge in [-0.1, -0.05) is 267 Å². The summed E-state index contributed by atoms with van der Waals surface area (Å²) < 4.78 is 0. The highest BCUT2D eigenvalue weighted by Crippen LogP contribution is 2.45. The number of pyridine rings is 2. The Morgan fingerprint density at radius 3 is 0.692 bits per heavy atom. The number of aromatic nitrogens is 2. The Balaban J connectivity index is 0.854. The molecule has 13 rings (SSSR count). The van der Waals surface area contributed by atoms with E-state index in [4.69, 9.17) is 9.97 Å². The fourth-order valence-corrected chi connectivity index (χ4v) is 11.2. The summed E-state index contributed by atoms with van der Waals surface area (Å²) in [5.74, 6) is 0. The molecule has 0 spiro atoms. The zero-order valence-electron chi connectivity index (χ0n) is 42.9. The van der Waals surface area contributed by atoms with Crippen molar-refractivity contribution in [3.8, 4) is 134 Å². The summed E-state index contributed by atoms with van der Waals surface area (Å²) in [5, 5.41) is 0. The maximum Gasteiger partial charge on any atom is 0.0714 e. The molecule has 0 saturated heterocycles. The van der Waals surface area contributed by atoms with Gasteiger partial charge in [-0.3, -0.25) is 9.97 Å². The van der Waals surface area contributed by atoms with E-state index in [9.17, 15) is 0 Å². The molecule has 0 bridgehead atoms. The minimum Gasteiger partial charge on any atom is -0.256 e. The van der Waals surface area contributed by atoms with E-state index in [1.54, 1.807) is 0 Å². The molecule has 11 aromatic carbocycles.